The summed E-state index contributed by atoms with van der Waals surface area (Å²) < 4.78 is 32.8. The largest absolute Gasteiger partial charge is 0.462 e. The summed E-state index contributed by atoms with van der Waals surface area (Å²) in [6, 6.07) is 5.77. The number of ketones is 1. The standard InChI is InChI=1S/C21H21F2N3O5/c1-5-31-21(28)16(11-25(3)4)20(27)15-10-17(26(29)30)18(23)12(2)19(15)24-14-8-6-13(22)7-9-14/h6-11,24H,5H2,1-4H3/b16-11+. The number of esters is 1. The molecule has 0 bridgehead atoms. The van der Waals surface area contributed by atoms with E-state index in [-0.39, 0.29) is 23.4 Å². The van der Waals surface area contributed by atoms with Crippen molar-refractivity contribution in [2.45, 2.75) is 13.8 Å². The lowest BCUT2D eigenvalue weighted by Gasteiger charge is -2.17. The van der Waals surface area contributed by atoms with E-state index in [1.807, 2.05) is 0 Å². The molecule has 164 valence electrons. The average molecular weight is 433 g/mol. The normalized spacial score (nSPS) is 11.1. The summed E-state index contributed by atoms with van der Waals surface area (Å²) in [6.45, 7) is 2.81. The maximum atomic E-state index is 14.6. The maximum absolute atomic E-state index is 14.6. The van der Waals surface area contributed by atoms with E-state index in [4.69, 9.17) is 4.74 Å². The number of carbonyl (C=O) groups excluding carboxylic acids is 2. The van der Waals surface area contributed by atoms with Crippen molar-refractivity contribution in [3.05, 3.63) is 75.0 Å². The van der Waals surface area contributed by atoms with Crippen LogP contribution in [0.15, 0.2) is 42.1 Å². The summed E-state index contributed by atoms with van der Waals surface area (Å²) in [4.78, 5) is 37.4. The molecule has 2 rings (SSSR count). The first-order valence-electron chi connectivity index (χ1n) is 9.16. The van der Waals surface area contributed by atoms with Crippen LogP contribution < -0.4 is 5.32 Å². The number of hydrogen-bond acceptors (Lipinski definition) is 7. The molecule has 0 spiro atoms. The van der Waals surface area contributed by atoms with Crippen molar-refractivity contribution in [3.8, 4) is 0 Å². The molecule has 0 unspecified atom stereocenters. The number of nitro benzene ring substituents is 1. The van der Waals surface area contributed by atoms with Gasteiger partial charge in [-0.25, -0.2) is 9.18 Å². The summed E-state index contributed by atoms with van der Waals surface area (Å²) in [7, 11) is 3.14. The topological polar surface area (TPSA) is 102 Å². The van der Waals surface area contributed by atoms with Gasteiger partial charge in [-0.05, 0) is 38.1 Å². The number of halogens is 2. The Balaban J connectivity index is 2.72. The number of carbonyl (C=O) groups is 2. The lowest BCUT2D eigenvalue weighted by atomic mass is 9.97. The summed E-state index contributed by atoms with van der Waals surface area (Å²) >= 11 is 0. The third-order valence-corrected chi connectivity index (χ3v) is 4.16. The van der Waals surface area contributed by atoms with Crippen molar-refractivity contribution in [1.82, 2.24) is 4.90 Å². The van der Waals surface area contributed by atoms with E-state index in [2.05, 4.69) is 5.32 Å². The monoisotopic (exact) mass is 433 g/mol. The Morgan fingerprint density at radius 1 is 1.23 bits per heavy atom. The molecule has 31 heavy (non-hydrogen) atoms. The van der Waals surface area contributed by atoms with Crippen molar-refractivity contribution in [3.63, 3.8) is 0 Å². The van der Waals surface area contributed by atoms with Gasteiger partial charge in [-0.2, -0.15) is 4.39 Å². The van der Waals surface area contributed by atoms with Gasteiger partial charge in [0, 0.05) is 37.6 Å². The fraction of sp³-hybridized carbons (Fsp3) is 0.238. The lowest BCUT2D eigenvalue weighted by molar-refractivity contribution is -0.387. The van der Waals surface area contributed by atoms with Gasteiger partial charge in [0.25, 0.3) is 0 Å². The molecule has 0 heterocycles. The minimum absolute atomic E-state index is 0.000161. The molecule has 1 N–H and O–H groups in total. The Morgan fingerprint density at radius 3 is 2.35 bits per heavy atom. The summed E-state index contributed by atoms with van der Waals surface area (Å²) in [5, 5.41) is 14.1. The van der Waals surface area contributed by atoms with E-state index in [1.54, 1.807) is 21.0 Å². The first kappa shape index (κ1) is 23.5. The van der Waals surface area contributed by atoms with Crippen molar-refractivity contribution >= 4 is 28.8 Å². The van der Waals surface area contributed by atoms with Gasteiger partial charge in [-0.1, -0.05) is 0 Å². The van der Waals surface area contributed by atoms with E-state index in [9.17, 15) is 28.5 Å². The van der Waals surface area contributed by atoms with E-state index < -0.39 is 39.6 Å². The summed E-state index contributed by atoms with van der Waals surface area (Å²) in [5.41, 5.74) is -1.62. The molecule has 0 aliphatic rings. The number of hydrogen-bond donors (Lipinski definition) is 1. The molecule has 0 amide bonds. The molecule has 10 heteroatoms. The van der Waals surface area contributed by atoms with Crippen LogP contribution >= 0.6 is 0 Å². The summed E-state index contributed by atoms with van der Waals surface area (Å²) in [5.74, 6) is -3.48. The van der Waals surface area contributed by atoms with E-state index in [0.717, 1.165) is 18.2 Å². The Morgan fingerprint density at radius 2 is 1.84 bits per heavy atom. The second kappa shape index (κ2) is 9.79. The van der Waals surface area contributed by atoms with Crippen LogP contribution in [-0.2, 0) is 9.53 Å². The van der Waals surface area contributed by atoms with Crippen molar-refractivity contribution in [1.29, 1.82) is 0 Å². The van der Waals surface area contributed by atoms with E-state index >= 15 is 0 Å². The molecule has 2 aromatic rings. The van der Waals surface area contributed by atoms with Crippen LogP contribution in [0.25, 0.3) is 0 Å². The molecule has 0 saturated heterocycles. The Bertz CT molecular complexity index is 1050. The fourth-order valence-electron chi connectivity index (χ4n) is 2.74. The molecule has 0 radical (unpaired) electrons. The maximum Gasteiger partial charge on any atom is 0.343 e. The average Bonchev–Trinajstić information content (AvgIpc) is 2.70. The molecule has 0 aliphatic carbocycles. The number of anilines is 2. The number of nitro groups is 1. The van der Waals surface area contributed by atoms with Gasteiger partial charge < -0.3 is 15.0 Å². The smallest absolute Gasteiger partial charge is 0.343 e. The highest BCUT2D eigenvalue weighted by molar-refractivity contribution is 6.26. The van der Waals surface area contributed by atoms with Crippen LogP contribution in [-0.4, -0.2) is 42.3 Å². The van der Waals surface area contributed by atoms with Crippen molar-refractivity contribution in [2.24, 2.45) is 0 Å². The van der Waals surface area contributed by atoms with Crippen LogP contribution in [0, 0.1) is 28.7 Å². The van der Waals surface area contributed by atoms with Gasteiger partial charge in [0.2, 0.25) is 11.6 Å². The van der Waals surface area contributed by atoms with Crippen molar-refractivity contribution < 1.29 is 28.0 Å². The Kier molecular flexibility index (Phi) is 7.41. The Hall–Kier alpha value is -3.82. The highest BCUT2D eigenvalue weighted by Crippen LogP contribution is 2.34. The molecule has 0 aliphatic heterocycles. The number of nitrogens with one attached hydrogen (secondary N) is 1. The third-order valence-electron chi connectivity index (χ3n) is 4.16. The van der Waals surface area contributed by atoms with Gasteiger partial charge >= 0.3 is 11.7 Å². The minimum Gasteiger partial charge on any atom is -0.462 e. The zero-order valence-corrected chi connectivity index (χ0v) is 17.4. The quantitative estimate of drug-likeness (QED) is 0.127. The van der Waals surface area contributed by atoms with Crippen LogP contribution in [0.2, 0.25) is 0 Å². The molecule has 0 atom stereocenters. The molecular formula is C21H21F2N3O5. The molecule has 0 aromatic heterocycles. The van der Waals surface area contributed by atoms with Gasteiger partial charge in [-0.3, -0.25) is 14.9 Å². The zero-order valence-electron chi connectivity index (χ0n) is 17.4. The number of nitrogens with zero attached hydrogens (tertiary/aromatic N) is 2. The minimum atomic E-state index is -1.14. The van der Waals surface area contributed by atoms with Crippen LogP contribution in [0.3, 0.4) is 0 Å². The number of Topliss-reactive ketones (excluding diaryl/α,β-unsaturated/α-hetero) is 1. The summed E-state index contributed by atoms with van der Waals surface area (Å²) in [6.07, 6.45) is 1.21. The van der Waals surface area contributed by atoms with E-state index in [1.165, 1.54) is 30.2 Å². The fourth-order valence-corrected chi connectivity index (χ4v) is 2.74. The second-order valence-corrected chi connectivity index (χ2v) is 6.70. The molecule has 8 nitrogen and oxygen atoms in total. The van der Waals surface area contributed by atoms with Crippen molar-refractivity contribution in [2.75, 3.05) is 26.0 Å². The van der Waals surface area contributed by atoms with Gasteiger partial charge in [-0.15, -0.1) is 0 Å². The highest BCUT2D eigenvalue weighted by Gasteiger charge is 2.30. The number of benzene rings is 2. The van der Waals surface area contributed by atoms with Gasteiger partial charge in [0.15, 0.2) is 0 Å². The number of rotatable bonds is 8. The molecule has 2 aromatic carbocycles. The molecule has 0 fully saturated rings. The zero-order chi connectivity index (χ0) is 23.3. The van der Waals surface area contributed by atoms with Crippen LogP contribution in [0.5, 0.6) is 0 Å². The first-order chi connectivity index (χ1) is 14.6. The first-order valence-corrected chi connectivity index (χ1v) is 9.16. The van der Waals surface area contributed by atoms with E-state index in [0.29, 0.717) is 5.69 Å². The second-order valence-electron chi connectivity index (χ2n) is 6.70. The predicted molar refractivity (Wildman–Crippen MR) is 110 cm³/mol. The number of ether oxygens (including phenoxy) is 1. The Labute approximate surface area is 177 Å². The molecular weight excluding hydrogens is 412 g/mol. The van der Waals surface area contributed by atoms with Gasteiger partial charge in [0.1, 0.15) is 11.4 Å². The SMILES string of the molecule is CCOC(=O)/C(=C/N(C)C)C(=O)c1cc([N+](=O)[O-])c(F)c(C)c1Nc1ccc(F)cc1. The third kappa shape index (κ3) is 5.41. The lowest BCUT2D eigenvalue weighted by Crippen LogP contribution is -2.21. The molecule has 0 saturated carbocycles. The predicted octanol–water partition coefficient (Wildman–Crippen LogP) is 4.12. The van der Waals surface area contributed by atoms with Gasteiger partial charge in [0.05, 0.1) is 22.8 Å². The van der Waals surface area contributed by atoms with Crippen LogP contribution in [0.1, 0.15) is 22.8 Å². The highest BCUT2D eigenvalue weighted by atomic mass is 19.1. The van der Waals surface area contributed by atoms with Crippen LogP contribution in [0.4, 0.5) is 25.8 Å².